The first-order chi connectivity index (χ1) is 13.4. The van der Waals surface area contributed by atoms with Gasteiger partial charge in [0, 0.05) is 11.8 Å². The number of fused-ring (bicyclic) bond motifs is 1. The molecule has 7 heteroatoms. The van der Waals surface area contributed by atoms with E-state index in [0.717, 1.165) is 22.1 Å². The number of amides is 1. The fourth-order valence-corrected chi connectivity index (χ4v) is 2.97. The van der Waals surface area contributed by atoms with Crippen molar-refractivity contribution in [1.82, 2.24) is 10.5 Å². The number of nitrogens with one attached hydrogen (secondary N) is 1. The minimum Gasteiger partial charge on any atom is -0.508 e. The smallest absolute Gasteiger partial charge is 0.328 e. The van der Waals surface area contributed by atoms with E-state index in [1.54, 1.807) is 12.1 Å². The van der Waals surface area contributed by atoms with Crippen LogP contribution in [0.5, 0.6) is 5.75 Å². The van der Waals surface area contributed by atoms with E-state index in [0.29, 0.717) is 11.3 Å². The number of ether oxygens (including phenoxy) is 1. The molecule has 0 saturated carbocycles. The first-order valence-corrected chi connectivity index (χ1v) is 8.88. The van der Waals surface area contributed by atoms with Gasteiger partial charge in [0.15, 0.2) is 5.58 Å². The number of phenolic OH excluding ortho intramolecular Hbond substituents is 1. The predicted octanol–water partition coefficient (Wildman–Crippen LogP) is 2.59. The third-order valence-corrected chi connectivity index (χ3v) is 4.69. The number of aryl methyl sites for hydroxylation is 2. The number of aromatic hydroxyl groups is 1. The Labute approximate surface area is 162 Å². The number of hydrogen-bond acceptors (Lipinski definition) is 6. The van der Waals surface area contributed by atoms with E-state index in [4.69, 9.17) is 9.26 Å². The molecular formula is C21H22N2O5. The van der Waals surface area contributed by atoms with E-state index >= 15 is 0 Å². The first-order valence-electron chi connectivity index (χ1n) is 8.88. The van der Waals surface area contributed by atoms with E-state index in [1.165, 1.54) is 19.2 Å². The molecular weight excluding hydrogens is 360 g/mol. The quantitative estimate of drug-likeness (QED) is 0.636. The Morgan fingerprint density at radius 2 is 1.86 bits per heavy atom. The number of hydrogen-bond donors (Lipinski definition) is 2. The predicted molar refractivity (Wildman–Crippen MR) is 103 cm³/mol. The molecule has 28 heavy (non-hydrogen) atoms. The molecule has 0 saturated heterocycles. The summed E-state index contributed by atoms with van der Waals surface area (Å²) >= 11 is 0. The van der Waals surface area contributed by atoms with Crippen LogP contribution >= 0.6 is 0 Å². The molecule has 0 radical (unpaired) electrons. The van der Waals surface area contributed by atoms with Gasteiger partial charge in [-0.15, -0.1) is 0 Å². The number of benzene rings is 2. The van der Waals surface area contributed by atoms with Crippen molar-refractivity contribution in [2.75, 3.05) is 7.11 Å². The molecule has 7 nitrogen and oxygen atoms in total. The third kappa shape index (κ3) is 4.31. The summed E-state index contributed by atoms with van der Waals surface area (Å²) in [5.74, 6) is -0.772. The van der Waals surface area contributed by atoms with E-state index < -0.39 is 12.0 Å². The largest absolute Gasteiger partial charge is 0.508 e. The fourth-order valence-electron chi connectivity index (χ4n) is 2.97. The molecule has 3 rings (SSSR count). The lowest BCUT2D eigenvalue weighted by Gasteiger charge is -2.16. The van der Waals surface area contributed by atoms with Crippen molar-refractivity contribution >= 4 is 22.8 Å². The Bertz CT molecular complexity index is 1010. The molecule has 1 atom stereocenters. The summed E-state index contributed by atoms with van der Waals surface area (Å²) in [5, 5.41) is 16.9. The van der Waals surface area contributed by atoms with Crippen molar-refractivity contribution in [2.24, 2.45) is 0 Å². The van der Waals surface area contributed by atoms with Crippen molar-refractivity contribution in [3.8, 4) is 5.75 Å². The summed E-state index contributed by atoms with van der Waals surface area (Å²) in [4.78, 5) is 24.6. The summed E-state index contributed by atoms with van der Waals surface area (Å²) in [7, 11) is 1.27. The third-order valence-electron chi connectivity index (χ3n) is 4.69. The van der Waals surface area contributed by atoms with Crippen LogP contribution in [0.1, 0.15) is 22.4 Å². The first kappa shape index (κ1) is 19.4. The van der Waals surface area contributed by atoms with Gasteiger partial charge in [-0.3, -0.25) is 4.79 Å². The van der Waals surface area contributed by atoms with E-state index in [9.17, 15) is 14.7 Å². The van der Waals surface area contributed by atoms with Gasteiger partial charge in [-0.25, -0.2) is 4.79 Å². The van der Waals surface area contributed by atoms with E-state index in [-0.39, 0.29) is 24.5 Å². The van der Waals surface area contributed by atoms with Crippen LogP contribution in [0, 0.1) is 13.8 Å². The second kappa shape index (κ2) is 8.12. The highest BCUT2D eigenvalue weighted by Gasteiger charge is 2.23. The Morgan fingerprint density at radius 1 is 1.18 bits per heavy atom. The molecule has 3 aromatic rings. The maximum Gasteiger partial charge on any atom is 0.328 e. The van der Waals surface area contributed by atoms with Crippen LogP contribution in [-0.4, -0.2) is 35.3 Å². The molecule has 146 valence electrons. The lowest BCUT2D eigenvalue weighted by atomic mass is 10.0. The molecule has 1 heterocycles. The highest BCUT2D eigenvalue weighted by molar-refractivity contribution is 5.89. The minimum atomic E-state index is -0.843. The molecule has 0 spiro atoms. The van der Waals surface area contributed by atoms with E-state index in [2.05, 4.69) is 10.5 Å². The number of carbonyl (C=O) groups excluding carboxylic acids is 2. The van der Waals surface area contributed by atoms with Crippen molar-refractivity contribution in [2.45, 2.75) is 32.7 Å². The van der Waals surface area contributed by atoms with Crippen LogP contribution in [0.25, 0.3) is 11.0 Å². The van der Waals surface area contributed by atoms with Gasteiger partial charge < -0.3 is 19.7 Å². The standard InChI is InChI=1S/C21H22N2O5/c1-12-8-16-17(23-28-19(16)9-13(12)2)11-20(25)22-18(21(26)27-3)10-14-4-6-15(24)7-5-14/h4-9,18,24H,10-11H2,1-3H3,(H,22,25). The highest BCUT2D eigenvalue weighted by atomic mass is 16.5. The number of nitrogens with zero attached hydrogens (tertiary/aromatic N) is 1. The Balaban J connectivity index is 1.74. The zero-order valence-electron chi connectivity index (χ0n) is 16.0. The average molecular weight is 382 g/mol. The number of esters is 1. The molecule has 0 bridgehead atoms. The second-order valence-corrected chi connectivity index (χ2v) is 6.75. The monoisotopic (exact) mass is 382 g/mol. The van der Waals surface area contributed by atoms with Crippen LogP contribution in [0.4, 0.5) is 0 Å². The van der Waals surface area contributed by atoms with Gasteiger partial charge in [0.25, 0.3) is 0 Å². The lowest BCUT2D eigenvalue weighted by Crippen LogP contribution is -2.43. The number of methoxy groups -OCH3 is 1. The van der Waals surface area contributed by atoms with Gasteiger partial charge in [0.1, 0.15) is 17.5 Å². The van der Waals surface area contributed by atoms with Crippen LogP contribution in [-0.2, 0) is 27.2 Å². The molecule has 0 aliphatic rings. The molecule has 0 fully saturated rings. The van der Waals surface area contributed by atoms with Gasteiger partial charge >= 0.3 is 5.97 Å². The summed E-state index contributed by atoms with van der Waals surface area (Å²) in [6.07, 6.45) is 0.231. The highest BCUT2D eigenvalue weighted by Crippen LogP contribution is 2.23. The summed E-state index contributed by atoms with van der Waals surface area (Å²) in [5.41, 5.74) is 4.09. The maximum atomic E-state index is 12.5. The van der Waals surface area contributed by atoms with Gasteiger partial charge in [-0.1, -0.05) is 17.3 Å². The molecule has 0 aliphatic carbocycles. The van der Waals surface area contributed by atoms with E-state index in [1.807, 2.05) is 26.0 Å². The number of aromatic nitrogens is 1. The summed E-state index contributed by atoms with van der Waals surface area (Å²) in [6, 6.07) is 9.42. The maximum absolute atomic E-state index is 12.5. The molecule has 1 aromatic heterocycles. The Morgan fingerprint density at radius 3 is 2.54 bits per heavy atom. The Hall–Kier alpha value is -3.35. The van der Waals surface area contributed by atoms with Crippen molar-refractivity contribution in [3.63, 3.8) is 0 Å². The number of carbonyl (C=O) groups is 2. The van der Waals surface area contributed by atoms with Crippen LogP contribution in [0.15, 0.2) is 40.9 Å². The van der Waals surface area contributed by atoms with Crippen molar-refractivity contribution in [1.29, 1.82) is 0 Å². The minimum absolute atomic E-state index is 0.0153. The van der Waals surface area contributed by atoms with Crippen LogP contribution in [0.3, 0.4) is 0 Å². The zero-order chi connectivity index (χ0) is 20.3. The SMILES string of the molecule is COC(=O)C(Cc1ccc(O)cc1)NC(=O)Cc1noc2cc(C)c(C)cc12. The summed E-state index contributed by atoms with van der Waals surface area (Å²) < 4.78 is 10.1. The average Bonchev–Trinajstić information content (AvgIpc) is 3.04. The van der Waals surface area contributed by atoms with Crippen molar-refractivity contribution < 1.29 is 24.0 Å². The van der Waals surface area contributed by atoms with Gasteiger partial charge in [-0.05, 0) is 54.8 Å². The molecule has 2 N–H and O–H groups in total. The second-order valence-electron chi connectivity index (χ2n) is 6.75. The molecule has 1 unspecified atom stereocenters. The van der Waals surface area contributed by atoms with Crippen LogP contribution in [0.2, 0.25) is 0 Å². The van der Waals surface area contributed by atoms with Crippen LogP contribution < -0.4 is 5.32 Å². The van der Waals surface area contributed by atoms with Gasteiger partial charge in [0.2, 0.25) is 5.91 Å². The van der Waals surface area contributed by atoms with Gasteiger partial charge in [-0.2, -0.15) is 0 Å². The number of phenols is 1. The van der Waals surface area contributed by atoms with Gasteiger partial charge in [0.05, 0.1) is 13.5 Å². The summed E-state index contributed by atoms with van der Waals surface area (Å²) in [6.45, 7) is 3.96. The molecule has 0 aliphatic heterocycles. The fraction of sp³-hybridized carbons (Fsp3) is 0.286. The molecule has 1 amide bonds. The lowest BCUT2D eigenvalue weighted by molar-refractivity contribution is -0.145. The topological polar surface area (TPSA) is 102 Å². The number of rotatable bonds is 6. The normalized spacial score (nSPS) is 12.0. The molecule has 2 aromatic carbocycles. The van der Waals surface area contributed by atoms with Crippen molar-refractivity contribution in [3.05, 3.63) is 58.8 Å². The Kier molecular flexibility index (Phi) is 5.63. The zero-order valence-corrected chi connectivity index (χ0v) is 16.0.